The molecule has 3 fully saturated rings. The summed E-state index contributed by atoms with van der Waals surface area (Å²) in [5.74, 6) is -0.128. The third-order valence-corrected chi connectivity index (χ3v) is 10.1. The first-order valence-electron chi connectivity index (χ1n) is 15.4. The molecular weight excluding hydrogens is 633 g/mol. The molecule has 1 saturated carbocycles. The minimum atomic E-state index is -1.19. The summed E-state index contributed by atoms with van der Waals surface area (Å²) < 4.78 is 9.09. The molecule has 0 bridgehead atoms. The minimum absolute atomic E-state index is 0.0284. The second kappa shape index (κ2) is 12.0. The van der Waals surface area contributed by atoms with E-state index in [1.54, 1.807) is 39.8 Å². The van der Waals surface area contributed by atoms with Crippen LogP contribution in [-0.4, -0.2) is 83.6 Å². The van der Waals surface area contributed by atoms with Crippen LogP contribution in [0.15, 0.2) is 65.7 Å². The zero-order valence-electron chi connectivity index (χ0n) is 24.9. The van der Waals surface area contributed by atoms with E-state index in [1.165, 1.54) is 15.8 Å². The van der Waals surface area contributed by atoms with Crippen molar-refractivity contribution in [1.29, 1.82) is 0 Å². The van der Waals surface area contributed by atoms with E-state index >= 15 is 0 Å². The highest BCUT2D eigenvalue weighted by atomic mass is 35.5. The van der Waals surface area contributed by atoms with Gasteiger partial charge in [0.25, 0.3) is 11.5 Å². The van der Waals surface area contributed by atoms with Crippen molar-refractivity contribution in [2.75, 3.05) is 19.7 Å². The number of morpholine rings is 1. The van der Waals surface area contributed by atoms with Crippen molar-refractivity contribution in [3.05, 3.63) is 92.6 Å². The number of aromatic nitrogens is 3. The lowest BCUT2D eigenvalue weighted by atomic mass is 9.91. The molecule has 0 radical (unpaired) electrons. The fraction of sp³-hybridized carbons (Fsp3) is 0.394. The number of amides is 2. The van der Waals surface area contributed by atoms with Gasteiger partial charge in [-0.25, -0.2) is 9.78 Å². The first-order chi connectivity index (χ1) is 22.1. The number of carbonyl (C=O) groups is 2. The quantitative estimate of drug-likeness (QED) is 0.302. The molecule has 3 aliphatic rings. The van der Waals surface area contributed by atoms with Gasteiger partial charge in [0, 0.05) is 29.4 Å². The van der Waals surface area contributed by atoms with Crippen molar-refractivity contribution in [2.24, 2.45) is 0 Å². The van der Waals surface area contributed by atoms with Gasteiger partial charge in [-0.3, -0.25) is 23.6 Å². The van der Waals surface area contributed by atoms with Crippen LogP contribution >= 0.6 is 23.2 Å². The number of hydrogen-bond acceptors (Lipinski definition) is 6. The number of carbonyl (C=O) groups excluding carboxylic acids is 1. The second-order valence-corrected chi connectivity index (χ2v) is 13.2. The predicted octanol–water partition coefficient (Wildman–Crippen LogP) is 5.13. The molecule has 0 spiro atoms. The average Bonchev–Trinajstić information content (AvgIpc) is 3.66. The van der Waals surface area contributed by atoms with Crippen molar-refractivity contribution >= 4 is 46.2 Å². The number of carboxylic acid groups (broad SMARTS) is 1. The lowest BCUT2D eigenvalue weighted by molar-refractivity contribution is -0.0794. The molecule has 2 amide bonds. The van der Waals surface area contributed by atoms with E-state index in [-0.39, 0.29) is 30.2 Å². The van der Waals surface area contributed by atoms with Crippen LogP contribution in [0.25, 0.3) is 16.7 Å². The van der Waals surface area contributed by atoms with Gasteiger partial charge in [0.15, 0.2) is 5.65 Å². The molecule has 4 heterocycles. The van der Waals surface area contributed by atoms with Gasteiger partial charge in [-0.05, 0) is 80.1 Å². The highest BCUT2D eigenvalue weighted by molar-refractivity contribution is 6.31. The van der Waals surface area contributed by atoms with Gasteiger partial charge in [0.2, 0.25) is 0 Å². The number of ether oxygens (including phenoxy) is 1. The van der Waals surface area contributed by atoms with E-state index in [4.69, 9.17) is 27.9 Å². The number of piperidine rings is 1. The van der Waals surface area contributed by atoms with Crippen LogP contribution in [0.1, 0.15) is 54.1 Å². The van der Waals surface area contributed by atoms with Gasteiger partial charge in [-0.1, -0.05) is 35.3 Å². The van der Waals surface area contributed by atoms with Gasteiger partial charge in [-0.15, -0.1) is 0 Å². The molecule has 2 aliphatic heterocycles. The molecule has 4 aromatic rings. The van der Waals surface area contributed by atoms with E-state index in [0.29, 0.717) is 65.0 Å². The van der Waals surface area contributed by atoms with Crippen molar-refractivity contribution in [3.63, 3.8) is 0 Å². The van der Waals surface area contributed by atoms with Crippen molar-refractivity contribution in [1.82, 2.24) is 23.9 Å². The van der Waals surface area contributed by atoms with Gasteiger partial charge < -0.3 is 19.8 Å². The van der Waals surface area contributed by atoms with Crippen LogP contribution in [0.4, 0.5) is 4.79 Å². The SMILES string of the molecule is O=C(c1ccc(Cl)cc1)N1CCC(O)(Cn2cnc3c(cc(Cl)n3-c3ccc(C4COC5CCCC5N4C(=O)O)cc3)c2=O)CC1. The monoisotopic (exact) mass is 665 g/mol. The number of rotatable bonds is 5. The Labute approximate surface area is 274 Å². The van der Waals surface area contributed by atoms with Crippen molar-refractivity contribution in [3.8, 4) is 5.69 Å². The normalized spacial score (nSPS) is 22.6. The molecule has 3 atom stereocenters. The van der Waals surface area contributed by atoms with Crippen LogP contribution in [-0.2, 0) is 11.3 Å². The zero-order chi connectivity index (χ0) is 32.2. The van der Waals surface area contributed by atoms with Gasteiger partial charge in [0.05, 0.1) is 42.3 Å². The van der Waals surface area contributed by atoms with E-state index in [9.17, 15) is 24.6 Å². The van der Waals surface area contributed by atoms with Crippen LogP contribution in [0, 0.1) is 0 Å². The molecule has 2 saturated heterocycles. The summed E-state index contributed by atoms with van der Waals surface area (Å²) in [6, 6.07) is 15.1. The maximum absolute atomic E-state index is 13.6. The van der Waals surface area contributed by atoms with Gasteiger partial charge in [0.1, 0.15) is 11.5 Å². The largest absolute Gasteiger partial charge is 0.465 e. The smallest absolute Gasteiger partial charge is 0.408 e. The summed E-state index contributed by atoms with van der Waals surface area (Å²) in [6.45, 7) is 1.02. The Balaban J connectivity index is 1.08. The number of likely N-dealkylation sites (tertiary alicyclic amines) is 1. The number of benzene rings is 2. The lowest BCUT2D eigenvalue weighted by Gasteiger charge is -2.42. The fourth-order valence-corrected chi connectivity index (χ4v) is 7.56. The summed E-state index contributed by atoms with van der Waals surface area (Å²) >= 11 is 12.6. The molecule has 13 heteroatoms. The van der Waals surface area contributed by atoms with E-state index in [0.717, 1.165) is 24.8 Å². The molecule has 46 heavy (non-hydrogen) atoms. The molecule has 11 nitrogen and oxygen atoms in total. The number of aliphatic hydroxyl groups is 1. The second-order valence-electron chi connectivity index (χ2n) is 12.4. The summed E-state index contributed by atoms with van der Waals surface area (Å²) in [5, 5.41) is 22.5. The molecule has 7 rings (SSSR count). The third kappa shape index (κ3) is 5.55. The Hall–Kier alpha value is -3.90. The summed E-state index contributed by atoms with van der Waals surface area (Å²) in [7, 11) is 0. The third-order valence-electron chi connectivity index (χ3n) is 9.61. The highest BCUT2D eigenvalue weighted by Gasteiger charge is 2.44. The van der Waals surface area contributed by atoms with Crippen LogP contribution < -0.4 is 5.56 Å². The maximum atomic E-state index is 13.6. The topological polar surface area (TPSA) is 130 Å². The van der Waals surface area contributed by atoms with E-state index in [1.807, 2.05) is 24.3 Å². The minimum Gasteiger partial charge on any atom is -0.465 e. The molecule has 2 aromatic heterocycles. The molecule has 240 valence electrons. The standard InChI is InChI=1S/C33H33Cl2N5O6/c34-22-8-4-21(5-9-22)30(41)37-14-12-33(45,13-15-37)18-38-19-36-29-24(31(38)42)16-28(35)39(29)23-10-6-20(7-11-23)26-17-46-27-3-1-2-25(27)40(26)32(43)44/h4-11,16,19,25-27,45H,1-3,12-15,17-18H2,(H,43,44). The van der Waals surface area contributed by atoms with Crippen LogP contribution in [0.3, 0.4) is 0 Å². The molecular formula is C33H33Cl2N5O6. The predicted molar refractivity (Wildman–Crippen MR) is 172 cm³/mol. The maximum Gasteiger partial charge on any atom is 0.408 e. The van der Waals surface area contributed by atoms with Crippen molar-refractivity contribution in [2.45, 2.75) is 62.4 Å². The van der Waals surface area contributed by atoms with Gasteiger partial charge >= 0.3 is 6.09 Å². The summed E-state index contributed by atoms with van der Waals surface area (Å²) in [5.41, 5.74) is 0.859. The number of nitrogens with zero attached hydrogens (tertiary/aromatic N) is 5. The highest BCUT2D eigenvalue weighted by Crippen LogP contribution is 2.38. The van der Waals surface area contributed by atoms with Crippen LogP contribution in [0.2, 0.25) is 10.2 Å². The zero-order valence-corrected chi connectivity index (χ0v) is 26.4. The Morgan fingerprint density at radius 2 is 1.74 bits per heavy atom. The molecule has 2 N–H and O–H groups in total. The summed E-state index contributed by atoms with van der Waals surface area (Å²) in [4.78, 5) is 46.5. The Morgan fingerprint density at radius 3 is 2.43 bits per heavy atom. The first-order valence-corrected chi connectivity index (χ1v) is 16.1. The van der Waals surface area contributed by atoms with Gasteiger partial charge in [-0.2, -0.15) is 0 Å². The van der Waals surface area contributed by atoms with Crippen molar-refractivity contribution < 1.29 is 24.5 Å². The van der Waals surface area contributed by atoms with E-state index < -0.39 is 17.7 Å². The Kier molecular flexibility index (Phi) is 8.04. The fourth-order valence-electron chi connectivity index (χ4n) is 7.14. The van der Waals surface area contributed by atoms with Crippen LogP contribution in [0.5, 0.6) is 0 Å². The number of halogens is 2. The molecule has 2 aromatic carbocycles. The first kappa shape index (κ1) is 30.7. The summed E-state index contributed by atoms with van der Waals surface area (Å²) in [6.07, 6.45) is 3.63. The number of hydrogen-bond donors (Lipinski definition) is 2. The lowest BCUT2D eigenvalue weighted by Crippen LogP contribution is -2.52. The average molecular weight is 667 g/mol. The molecule has 1 aliphatic carbocycles. The Morgan fingerprint density at radius 1 is 1.02 bits per heavy atom. The number of fused-ring (bicyclic) bond motifs is 2. The molecule has 3 unspecified atom stereocenters. The Bertz CT molecular complexity index is 1850. The van der Waals surface area contributed by atoms with E-state index in [2.05, 4.69) is 4.98 Å².